The number of piperidine rings is 1. The molecule has 1 saturated heterocycles. The summed E-state index contributed by atoms with van der Waals surface area (Å²) < 4.78 is 6.51. The van der Waals surface area contributed by atoms with Gasteiger partial charge in [-0.1, -0.05) is 30.3 Å². The van der Waals surface area contributed by atoms with Crippen molar-refractivity contribution >= 4 is 22.9 Å². The first kappa shape index (κ1) is 20.1. The molecule has 0 spiro atoms. The molecule has 0 unspecified atom stereocenters. The number of likely N-dealkylation sites (tertiary alicyclic amines) is 1. The van der Waals surface area contributed by atoms with Crippen molar-refractivity contribution in [3.05, 3.63) is 47.7 Å². The highest BCUT2D eigenvalue weighted by molar-refractivity contribution is 6.07. The molecule has 156 valence electrons. The summed E-state index contributed by atoms with van der Waals surface area (Å²) in [4.78, 5) is 31.7. The van der Waals surface area contributed by atoms with Crippen LogP contribution in [-0.2, 0) is 16.6 Å². The summed E-state index contributed by atoms with van der Waals surface area (Å²) in [6.07, 6.45) is 2.01. The average Bonchev–Trinajstić information content (AvgIpc) is 3.07. The van der Waals surface area contributed by atoms with Crippen molar-refractivity contribution in [2.75, 3.05) is 20.2 Å². The molecule has 0 bridgehead atoms. The van der Waals surface area contributed by atoms with Gasteiger partial charge in [0.2, 0.25) is 0 Å². The smallest absolute Gasteiger partial charge is 0.305 e. The summed E-state index contributed by atoms with van der Waals surface area (Å²) in [5, 5.41) is 5.30. The Labute approximate surface area is 175 Å². The van der Waals surface area contributed by atoms with E-state index in [1.165, 1.54) is 7.11 Å². The third kappa shape index (κ3) is 3.79. The lowest BCUT2D eigenvalue weighted by Gasteiger charge is -2.31. The van der Waals surface area contributed by atoms with Crippen LogP contribution in [0.1, 0.15) is 35.3 Å². The van der Waals surface area contributed by atoms with Crippen LogP contribution in [0.15, 0.2) is 36.4 Å². The summed E-state index contributed by atoms with van der Waals surface area (Å²) in [7, 11) is 3.26. The number of hydrogen-bond donors (Lipinski definition) is 0. The van der Waals surface area contributed by atoms with Crippen LogP contribution in [-0.4, -0.2) is 51.7 Å². The van der Waals surface area contributed by atoms with Crippen LogP contribution >= 0.6 is 0 Å². The molecule has 0 N–H and O–H groups in total. The zero-order valence-corrected chi connectivity index (χ0v) is 17.6. The van der Waals surface area contributed by atoms with Gasteiger partial charge in [0.05, 0.1) is 29.4 Å². The monoisotopic (exact) mass is 406 g/mol. The molecule has 3 heterocycles. The Morgan fingerprint density at radius 2 is 1.87 bits per heavy atom. The Morgan fingerprint density at radius 1 is 1.17 bits per heavy atom. The van der Waals surface area contributed by atoms with Gasteiger partial charge < -0.3 is 9.64 Å². The number of methoxy groups -OCH3 is 1. The Bertz CT molecular complexity index is 1080. The van der Waals surface area contributed by atoms with Crippen molar-refractivity contribution in [1.29, 1.82) is 0 Å². The first-order valence-electron chi connectivity index (χ1n) is 10.2. The number of rotatable bonds is 4. The predicted octanol–water partition coefficient (Wildman–Crippen LogP) is 3.36. The second-order valence-corrected chi connectivity index (χ2v) is 7.84. The lowest BCUT2D eigenvalue weighted by Crippen LogP contribution is -2.39. The molecular weight excluding hydrogens is 380 g/mol. The highest BCUT2D eigenvalue weighted by atomic mass is 16.5. The van der Waals surface area contributed by atoms with E-state index < -0.39 is 0 Å². The molecule has 0 atom stereocenters. The molecule has 2 aromatic heterocycles. The van der Waals surface area contributed by atoms with E-state index in [1.54, 1.807) is 4.68 Å². The predicted molar refractivity (Wildman–Crippen MR) is 114 cm³/mol. The van der Waals surface area contributed by atoms with Crippen molar-refractivity contribution in [2.24, 2.45) is 13.0 Å². The van der Waals surface area contributed by atoms with Crippen molar-refractivity contribution in [1.82, 2.24) is 19.7 Å². The molecule has 7 heteroatoms. The van der Waals surface area contributed by atoms with E-state index in [9.17, 15) is 9.59 Å². The van der Waals surface area contributed by atoms with Crippen molar-refractivity contribution in [3.8, 4) is 11.3 Å². The van der Waals surface area contributed by atoms with Gasteiger partial charge in [-0.2, -0.15) is 5.10 Å². The molecule has 1 aliphatic heterocycles. The zero-order valence-electron chi connectivity index (χ0n) is 17.6. The molecule has 3 aromatic rings. The van der Waals surface area contributed by atoms with Crippen LogP contribution in [0.2, 0.25) is 0 Å². The fourth-order valence-electron chi connectivity index (χ4n) is 4.20. The topological polar surface area (TPSA) is 77.3 Å². The fraction of sp³-hybridized carbons (Fsp3) is 0.391. The third-order valence-corrected chi connectivity index (χ3v) is 5.85. The summed E-state index contributed by atoms with van der Waals surface area (Å²) in [6.45, 7) is 3.17. The van der Waals surface area contributed by atoms with E-state index in [-0.39, 0.29) is 17.8 Å². The molecule has 4 rings (SSSR count). The maximum atomic E-state index is 13.5. The standard InChI is InChI=1S/C23H26N4O3/c1-15-21-18(23(29)27-11-9-16(10-12-27)13-20(28)30-3)14-19(17-7-5-4-6-8-17)24-22(21)26(2)25-15/h4-8,14,16H,9-13H2,1-3H3. The van der Waals surface area contributed by atoms with Gasteiger partial charge in [-0.3, -0.25) is 14.3 Å². The minimum Gasteiger partial charge on any atom is -0.469 e. The van der Waals surface area contributed by atoms with Gasteiger partial charge in [0, 0.05) is 32.1 Å². The van der Waals surface area contributed by atoms with Crippen molar-refractivity contribution < 1.29 is 14.3 Å². The van der Waals surface area contributed by atoms with Gasteiger partial charge in [0.15, 0.2) is 5.65 Å². The van der Waals surface area contributed by atoms with E-state index in [4.69, 9.17) is 9.72 Å². The van der Waals surface area contributed by atoms with Crippen molar-refractivity contribution in [2.45, 2.75) is 26.2 Å². The second kappa shape index (κ2) is 8.26. The minimum absolute atomic E-state index is 0.00722. The van der Waals surface area contributed by atoms with Gasteiger partial charge in [-0.15, -0.1) is 0 Å². The summed E-state index contributed by atoms with van der Waals surface area (Å²) in [5.41, 5.74) is 3.86. The van der Waals surface area contributed by atoms with Crippen LogP contribution in [0.5, 0.6) is 0 Å². The Kier molecular flexibility index (Phi) is 5.53. The Balaban J connectivity index is 1.66. The molecule has 0 saturated carbocycles. The SMILES string of the molecule is COC(=O)CC1CCN(C(=O)c2cc(-c3ccccc3)nc3c2c(C)nn3C)CC1. The number of amides is 1. The first-order chi connectivity index (χ1) is 14.5. The number of fused-ring (bicyclic) bond motifs is 1. The Morgan fingerprint density at radius 3 is 2.53 bits per heavy atom. The van der Waals surface area contributed by atoms with Gasteiger partial charge in [-0.05, 0) is 31.7 Å². The molecule has 0 radical (unpaired) electrons. The van der Waals surface area contributed by atoms with E-state index in [0.29, 0.717) is 30.7 Å². The molecule has 0 aliphatic carbocycles. The van der Waals surface area contributed by atoms with Gasteiger partial charge in [0.25, 0.3) is 5.91 Å². The second-order valence-electron chi connectivity index (χ2n) is 7.84. The van der Waals surface area contributed by atoms with Crippen LogP contribution < -0.4 is 0 Å². The number of carbonyl (C=O) groups excluding carboxylic acids is 2. The lowest BCUT2D eigenvalue weighted by molar-refractivity contribution is -0.142. The summed E-state index contributed by atoms with van der Waals surface area (Å²) in [6, 6.07) is 11.7. The van der Waals surface area contributed by atoms with Crippen molar-refractivity contribution in [3.63, 3.8) is 0 Å². The number of hydrogen-bond acceptors (Lipinski definition) is 5. The molecule has 1 aromatic carbocycles. The number of nitrogens with zero attached hydrogens (tertiary/aromatic N) is 4. The third-order valence-electron chi connectivity index (χ3n) is 5.85. The fourth-order valence-corrected chi connectivity index (χ4v) is 4.20. The highest BCUT2D eigenvalue weighted by Crippen LogP contribution is 2.29. The van der Waals surface area contributed by atoms with E-state index in [2.05, 4.69) is 5.10 Å². The normalized spacial score (nSPS) is 14.8. The quantitative estimate of drug-likeness (QED) is 0.621. The number of carbonyl (C=O) groups is 2. The number of aryl methyl sites for hydroxylation is 2. The van der Waals surface area contributed by atoms with Gasteiger partial charge in [-0.25, -0.2) is 4.98 Å². The number of ether oxygens (including phenoxy) is 1. The Hall–Kier alpha value is -3.22. The van der Waals surface area contributed by atoms with Crippen LogP contribution in [0.4, 0.5) is 0 Å². The van der Waals surface area contributed by atoms with Crippen LogP contribution in [0.3, 0.4) is 0 Å². The van der Waals surface area contributed by atoms with Crippen LogP contribution in [0, 0.1) is 12.8 Å². The molecule has 1 amide bonds. The summed E-state index contributed by atoms with van der Waals surface area (Å²) >= 11 is 0. The van der Waals surface area contributed by atoms with Gasteiger partial charge >= 0.3 is 5.97 Å². The number of benzene rings is 1. The lowest BCUT2D eigenvalue weighted by atomic mass is 9.93. The first-order valence-corrected chi connectivity index (χ1v) is 10.2. The molecule has 1 aliphatic rings. The largest absolute Gasteiger partial charge is 0.469 e. The maximum absolute atomic E-state index is 13.5. The van der Waals surface area contributed by atoms with E-state index >= 15 is 0 Å². The zero-order chi connectivity index (χ0) is 21.3. The molecular formula is C23H26N4O3. The van der Waals surface area contributed by atoms with Crippen LogP contribution in [0.25, 0.3) is 22.3 Å². The average molecular weight is 406 g/mol. The molecule has 1 fully saturated rings. The number of aromatic nitrogens is 3. The highest BCUT2D eigenvalue weighted by Gasteiger charge is 2.28. The maximum Gasteiger partial charge on any atom is 0.305 e. The van der Waals surface area contributed by atoms with E-state index in [0.717, 1.165) is 35.2 Å². The summed E-state index contributed by atoms with van der Waals surface area (Å²) in [5.74, 6) is 0.0697. The minimum atomic E-state index is -0.186. The molecule has 7 nitrogen and oxygen atoms in total. The van der Waals surface area contributed by atoms with Gasteiger partial charge in [0.1, 0.15) is 0 Å². The molecule has 30 heavy (non-hydrogen) atoms. The number of esters is 1. The van der Waals surface area contributed by atoms with E-state index in [1.807, 2.05) is 55.3 Å². The number of pyridine rings is 1.